The topological polar surface area (TPSA) is 354 Å². The van der Waals surface area contributed by atoms with Gasteiger partial charge in [0.25, 0.3) is 0 Å². The molecular weight excluding hydrogens is 622 g/mol. The maximum absolute atomic E-state index is 11.1. The number of aliphatic hydroxyl groups is 13. The van der Waals surface area contributed by atoms with Gasteiger partial charge in [-0.3, -0.25) is 0 Å². The highest BCUT2D eigenvalue weighted by Gasteiger charge is 2.55. The third-order valence-corrected chi connectivity index (χ3v) is 8.28. The Morgan fingerprint density at radius 2 is 0.844 bits per heavy atom. The zero-order chi connectivity index (χ0) is 33.3. The van der Waals surface area contributed by atoms with Gasteiger partial charge in [-0.15, -0.1) is 0 Å². The predicted octanol–water partition coefficient (Wildman–Crippen LogP) is -9.78. The molecule has 0 saturated carbocycles. The van der Waals surface area contributed by atoms with E-state index in [2.05, 4.69) is 0 Å². The van der Waals surface area contributed by atoms with E-state index in [0.29, 0.717) is 0 Å². The van der Waals surface area contributed by atoms with Crippen LogP contribution >= 0.6 is 0 Å². The number of rotatable bonds is 10. The van der Waals surface area contributed by atoms with Crippen LogP contribution in [-0.2, 0) is 33.2 Å². The molecule has 21 nitrogen and oxygen atoms in total. The van der Waals surface area contributed by atoms with Crippen LogP contribution in [0.25, 0.3) is 0 Å². The largest absolute Gasteiger partial charge is 0.394 e. The lowest BCUT2D eigenvalue weighted by molar-refractivity contribution is -0.378. The van der Waals surface area contributed by atoms with Crippen molar-refractivity contribution in [2.24, 2.45) is 5.73 Å². The van der Waals surface area contributed by atoms with Gasteiger partial charge in [-0.1, -0.05) is 0 Å². The van der Waals surface area contributed by atoms with E-state index in [9.17, 15) is 66.4 Å². The first-order valence-corrected chi connectivity index (χ1v) is 14.2. The van der Waals surface area contributed by atoms with Crippen LogP contribution in [-0.4, -0.2) is 216 Å². The Labute approximate surface area is 255 Å². The average Bonchev–Trinajstić information content (AvgIpc) is 3.03. The lowest BCUT2D eigenvalue weighted by Gasteiger charge is -2.49. The highest BCUT2D eigenvalue weighted by atomic mass is 16.8. The summed E-state index contributed by atoms with van der Waals surface area (Å²) in [6.07, 6.45) is -32.7. The van der Waals surface area contributed by atoms with Gasteiger partial charge in [0.15, 0.2) is 25.2 Å². The third-order valence-electron chi connectivity index (χ3n) is 8.28. The number of hydrogen-bond donors (Lipinski definition) is 14. The third kappa shape index (κ3) is 7.44. The molecule has 0 aromatic carbocycles. The minimum atomic E-state index is -1.97. The lowest BCUT2D eigenvalue weighted by atomic mass is 9.95. The quantitative estimate of drug-likeness (QED) is 0.103. The van der Waals surface area contributed by atoms with Crippen molar-refractivity contribution < 1.29 is 99.5 Å². The molecule has 8 unspecified atom stereocenters. The molecule has 264 valence electrons. The summed E-state index contributed by atoms with van der Waals surface area (Å²) in [6, 6.07) is -1.55. The smallest absolute Gasteiger partial charge is 0.187 e. The van der Waals surface area contributed by atoms with Crippen LogP contribution in [0.2, 0.25) is 0 Å². The molecule has 21 heteroatoms. The van der Waals surface area contributed by atoms with Gasteiger partial charge in [0.05, 0.1) is 32.5 Å². The second-order valence-corrected chi connectivity index (χ2v) is 11.2. The van der Waals surface area contributed by atoms with E-state index in [0.717, 1.165) is 0 Å². The maximum atomic E-state index is 11.1. The van der Waals surface area contributed by atoms with Crippen LogP contribution in [0, 0.1) is 0 Å². The van der Waals surface area contributed by atoms with Gasteiger partial charge in [0, 0.05) is 0 Å². The van der Waals surface area contributed by atoms with Gasteiger partial charge >= 0.3 is 0 Å². The van der Waals surface area contributed by atoms with Crippen LogP contribution in [0.15, 0.2) is 0 Å². The molecule has 4 aliphatic rings. The fraction of sp³-hybridized carbons (Fsp3) is 1.00. The fourth-order valence-electron chi connectivity index (χ4n) is 5.59. The van der Waals surface area contributed by atoms with Crippen molar-refractivity contribution in [2.45, 2.75) is 123 Å². The van der Waals surface area contributed by atoms with Crippen LogP contribution in [0.5, 0.6) is 0 Å². The maximum Gasteiger partial charge on any atom is 0.187 e. The molecule has 0 amide bonds. The lowest BCUT2D eigenvalue weighted by Crippen LogP contribution is -2.69. The van der Waals surface area contributed by atoms with Crippen molar-refractivity contribution in [2.75, 3.05) is 26.4 Å². The van der Waals surface area contributed by atoms with Crippen molar-refractivity contribution in [3.05, 3.63) is 0 Å². The first-order chi connectivity index (χ1) is 21.3. The summed E-state index contributed by atoms with van der Waals surface area (Å²) in [5.41, 5.74) is 6.25. The summed E-state index contributed by atoms with van der Waals surface area (Å²) in [5, 5.41) is 132. The van der Waals surface area contributed by atoms with Gasteiger partial charge in [0.1, 0.15) is 91.6 Å². The van der Waals surface area contributed by atoms with Crippen LogP contribution < -0.4 is 5.73 Å². The fourth-order valence-corrected chi connectivity index (χ4v) is 5.59. The standard InChI is InChI=1S/C24H43NO20/c25-9-19(44-23-16(36)13(33)10(30)5(1-26)41-23)11(31)6(2-27)40-22(9)45-20-12(32)7(3-28)42-24(17(20)37)43-18-8(4-29)39-21(38)15(35)14(18)34/h5-24,26-38H,1-4,25H2/t5?,6?,7?,8?,9?,10-,11+,12-,13-,14+,15?,16?,17?,18+,19+,20-,21+,22-,23-,24-/m0/s1. The van der Waals surface area contributed by atoms with E-state index in [4.69, 9.17) is 38.9 Å². The molecule has 0 bridgehead atoms. The van der Waals surface area contributed by atoms with E-state index < -0.39 is 149 Å². The first kappa shape index (κ1) is 37.0. The summed E-state index contributed by atoms with van der Waals surface area (Å²) in [4.78, 5) is 0. The molecule has 4 fully saturated rings. The minimum absolute atomic E-state index is 0.782. The van der Waals surface area contributed by atoms with Crippen molar-refractivity contribution in [1.82, 2.24) is 0 Å². The zero-order valence-electron chi connectivity index (χ0n) is 23.6. The molecule has 4 aliphatic heterocycles. The molecule has 45 heavy (non-hydrogen) atoms. The molecule has 15 N–H and O–H groups in total. The molecule has 4 heterocycles. The Bertz CT molecular complexity index is 920. The summed E-state index contributed by atoms with van der Waals surface area (Å²) < 4.78 is 38.2. The average molecular weight is 666 g/mol. The van der Waals surface area contributed by atoms with E-state index in [1.54, 1.807) is 0 Å². The van der Waals surface area contributed by atoms with E-state index in [1.807, 2.05) is 0 Å². The Kier molecular flexibility index (Phi) is 12.8. The van der Waals surface area contributed by atoms with Gasteiger partial charge in [-0.2, -0.15) is 0 Å². The molecule has 0 aromatic heterocycles. The van der Waals surface area contributed by atoms with Crippen LogP contribution in [0.1, 0.15) is 0 Å². The zero-order valence-corrected chi connectivity index (χ0v) is 23.6. The molecule has 4 saturated heterocycles. The van der Waals surface area contributed by atoms with E-state index in [-0.39, 0.29) is 0 Å². The Morgan fingerprint density at radius 1 is 0.400 bits per heavy atom. The van der Waals surface area contributed by atoms with Crippen molar-refractivity contribution >= 4 is 0 Å². The molecular formula is C24H43NO20. The number of hydrogen-bond acceptors (Lipinski definition) is 21. The van der Waals surface area contributed by atoms with Crippen molar-refractivity contribution in [1.29, 1.82) is 0 Å². The Morgan fingerprint density at radius 3 is 1.40 bits per heavy atom. The normalized spacial score (nSPS) is 52.9. The molecule has 20 atom stereocenters. The highest BCUT2D eigenvalue weighted by Crippen LogP contribution is 2.33. The van der Waals surface area contributed by atoms with Gasteiger partial charge in [0.2, 0.25) is 0 Å². The number of nitrogens with two attached hydrogens (primary N) is 1. The van der Waals surface area contributed by atoms with E-state index in [1.165, 1.54) is 0 Å². The molecule has 0 aromatic rings. The van der Waals surface area contributed by atoms with Gasteiger partial charge in [-0.05, 0) is 0 Å². The molecule has 4 rings (SSSR count). The number of ether oxygens (including phenoxy) is 7. The van der Waals surface area contributed by atoms with E-state index >= 15 is 0 Å². The second-order valence-electron chi connectivity index (χ2n) is 11.2. The molecule has 0 radical (unpaired) electrons. The van der Waals surface area contributed by atoms with Crippen molar-refractivity contribution in [3.63, 3.8) is 0 Å². The van der Waals surface area contributed by atoms with Crippen LogP contribution in [0.3, 0.4) is 0 Å². The molecule has 0 spiro atoms. The highest BCUT2D eigenvalue weighted by molar-refractivity contribution is 4.98. The SMILES string of the molecule is NC1[C@H](O[C@@H]2C(O)[C@H](O[C@@H]3C(CO)O[C@@H](O)C(O)[C@H]3O)OC(CO)[C@@H]2O)OC(CO)[C@@H](O)[C@@H]1O[C@@H]1OC(CO)[C@H](O)[C@H](O)C1O. The summed E-state index contributed by atoms with van der Waals surface area (Å²) in [7, 11) is 0. The summed E-state index contributed by atoms with van der Waals surface area (Å²) >= 11 is 0. The Hall–Kier alpha value is -0.840. The second kappa shape index (κ2) is 15.6. The summed E-state index contributed by atoms with van der Waals surface area (Å²) in [5.74, 6) is 0. The minimum Gasteiger partial charge on any atom is -0.394 e. The predicted molar refractivity (Wildman–Crippen MR) is 136 cm³/mol. The summed E-state index contributed by atoms with van der Waals surface area (Å²) in [6.45, 7) is -3.30. The van der Waals surface area contributed by atoms with Crippen LogP contribution in [0.4, 0.5) is 0 Å². The molecule has 0 aliphatic carbocycles. The monoisotopic (exact) mass is 665 g/mol. The Balaban J connectivity index is 1.53. The first-order valence-electron chi connectivity index (χ1n) is 14.2. The van der Waals surface area contributed by atoms with Gasteiger partial charge < -0.3 is 105 Å². The number of aliphatic hydroxyl groups excluding tert-OH is 13. The van der Waals surface area contributed by atoms with Gasteiger partial charge in [-0.25, -0.2) is 0 Å². The van der Waals surface area contributed by atoms with Crippen molar-refractivity contribution in [3.8, 4) is 0 Å².